The molecule has 1 aromatic carbocycles. The van der Waals surface area contributed by atoms with Crippen molar-refractivity contribution in [1.29, 1.82) is 0 Å². The number of carboxylic acids is 1. The Morgan fingerprint density at radius 3 is 2.21 bits per heavy atom. The van der Waals surface area contributed by atoms with Crippen LogP contribution in [0.5, 0.6) is 0 Å². The SMILES string of the molecule is CC(=O)c1ccco1.O=C(O)C=Cc1ccccc1. The van der Waals surface area contributed by atoms with Crippen molar-refractivity contribution in [2.45, 2.75) is 6.92 Å². The van der Waals surface area contributed by atoms with Crippen LogP contribution in [0.1, 0.15) is 23.0 Å². The highest BCUT2D eigenvalue weighted by Gasteiger charge is 1.97. The highest BCUT2D eigenvalue weighted by Crippen LogP contribution is 2.00. The average molecular weight is 258 g/mol. The maximum absolute atomic E-state index is 10.4. The van der Waals surface area contributed by atoms with Crippen LogP contribution in [0.2, 0.25) is 0 Å². The normalized spacial score (nSPS) is 9.74. The Kier molecular flexibility index (Phi) is 5.82. The van der Waals surface area contributed by atoms with Gasteiger partial charge in [0.25, 0.3) is 0 Å². The number of furan rings is 1. The van der Waals surface area contributed by atoms with Crippen LogP contribution in [0, 0.1) is 0 Å². The number of carbonyl (C=O) groups is 2. The smallest absolute Gasteiger partial charge is 0.328 e. The molecule has 0 fully saturated rings. The van der Waals surface area contributed by atoms with E-state index in [0.717, 1.165) is 11.6 Å². The van der Waals surface area contributed by atoms with Crippen molar-refractivity contribution in [2.24, 2.45) is 0 Å². The third kappa shape index (κ3) is 6.02. The Morgan fingerprint density at radius 1 is 1.11 bits per heavy atom. The molecule has 98 valence electrons. The van der Waals surface area contributed by atoms with E-state index in [-0.39, 0.29) is 5.78 Å². The van der Waals surface area contributed by atoms with Gasteiger partial charge in [-0.25, -0.2) is 4.79 Å². The van der Waals surface area contributed by atoms with Gasteiger partial charge in [-0.1, -0.05) is 30.3 Å². The van der Waals surface area contributed by atoms with Crippen molar-refractivity contribution in [3.8, 4) is 0 Å². The highest BCUT2D eigenvalue weighted by atomic mass is 16.4. The van der Waals surface area contributed by atoms with Crippen molar-refractivity contribution >= 4 is 17.8 Å². The number of benzene rings is 1. The van der Waals surface area contributed by atoms with E-state index in [0.29, 0.717) is 5.76 Å². The fraction of sp³-hybridized carbons (Fsp3) is 0.0667. The molecule has 4 nitrogen and oxygen atoms in total. The molecule has 2 rings (SSSR count). The van der Waals surface area contributed by atoms with Crippen molar-refractivity contribution in [3.05, 3.63) is 66.1 Å². The molecule has 4 heteroatoms. The Labute approximate surface area is 111 Å². The first-order chi connectivity index (χ1) is 9.09. The van der Waals surface area contributed by atoms with E-state index in [4.69, 9.17) is 9.52 Å². The summed E-state index contributed by atoms with van der Waals surface area (Å²) >= 11 is 0. The maximum atomic E-state index is 10.4. The van der Waals surface area contributed by atoms with Crippen LogP contribution in [0.3, 0.4) is 0 Å². The number of rotatable bonds is 3. The minimum atomic E-state index is -0.922. The Balaban J connectivity index is 0.000000200. The fourth-order valence-electron chi connectivity index (χ4n) is 1.21. The summed E-state index contributed by atoms with van der Waals surface area (Å²) in [4.78, 5) is 20.5. The summed E-state index contributed by atoms with van der Waals surface area (Å²) < 4.78 is 4.75. The zero-order valence-electron chi connectivity index (χ0n) is 10.4. The number of carboxylic acid groups (broad SMARTS) is 1. The molecule has 0 amide bonds. The van der Waals surface area contributed by atoms with Crippen LogP contribution in [0.4, 0.5) is 0 Å². The number of hydrogen-bond donors (Lipinski definition) is 1. The second-order valence-electron chi connectivity index (χ2n) is 3.62. The van der Waals surface area contributed by atoms with Crippen LogP contribution in [-0.2, 0) is 4.79 Å². The monoisotopic (exact) mass is 258 g/mol. The van der Waals surface area contributed by atoms with E-state index in [9.17, 15) is 9.59 Å². The zero-order valence-corrected chi connectivity index (χ0v) is 10.4. The van der Waals surface area contributed by atoms with Gasteiger partial charge >= 0.3 is 5.97 Å². The first kappa shape index (κ1) is 14.4. The van der Waals surface area contributed by atoms with Gasteiger partial charge in [0.2, 0.25) is 0 Å². The summed E-state index contributed by atoms with van der Waals surface area (Å²) in [6, 6.07) is 12.6. The van der Waals surface area contributed by atoms with Gasteiger partial charge in [-0.15, -0.1) is 0 Å². The predicted octanol–water partition coefficient (Wildman–Crippen LogP) is 3.27. The summed E-state index contributed by atoms with van der Waals surface area (Å²) in [7, 11) is 0. The molecule has 0 saturated carbocycles. The molecule has 0 aliphatic heterocycles. The number of Topliss-reactive ketones (excluding diaryl/α,β-unsaturated/α-hetero) is 1. The molecule has 1 aromatic heterocycles. The third-order valence-corrected chi connectivity index (χ3v) is 2.09. The minimum Gasteiger partial charge on any atom is -0.478 e. The second-order valence-corrected chi connectivity index (χ2v) is 3.62. The molecule has 0 bridgehead atoms. The van der Waals surface area contributed by atoms with Crippen molar-refractivity contribution in [3.63, 3.8) is 0 Å². The molecule has 0 spiro atoms. The quantitative estimate of drug-likeness (QED) is 0.677. The number of carbonyl (C=O) groups excluding carboxylic acids is 1. The van der Waals surface area contributed by atoms with Gasteiger partial charge in [0.1, 0.15) is 0 Å². The van der Waals surface area contributed by atoms with Crippen LogP contribution in [0.15, 0.2) is 59.2 Å². The summed E-state index contributed by atoms with van der Waals surface area (Å²) in [5.74, 6) is -0.533. The first-order valence-corrected chi connectivity index (χ1v) is 5.60. The Hall–Kier alpha value is -2.62. The molecule has 19 heavy (non-hydrogen) atoms. The van der Waals surface area contributed by atoms with Gasteiger partial charge < -0.3 is 9.52 Å². The minimum absolute atomic E-state index is 0.0324. The second kappa shape index (κ2) is 7.66. The van der Waals surface area contributed by atoms with Crippen LogP contribution >= 0.6 is 0 Å². The molecular weight excluding hydrogens is 244 g/mol. The molecule has 0 aliphatic carbocycles. The summed E-state index contributed by atoms with van der Waals surface area (Å²) in [5, 5.41) is 8.29. The van der Waals surface area contributed by atoms with Gasteiger partial charge in [0.05, 0.1) is 6.26 Å². The first-order valence-electron chi connectivity index (χ1n) is 5.60. The molecule has 0 atom stereocenters. The number of aliphatic carboxylic acids is 1. The molecular formula is C15H14O4. The van der Waals surface area contributed by atoms with Gasteiger partial charge in [0, 0.05) is 13.0 Å². The Bertz CT molecular complexity index is 539. The average Bonchev–Trinajstić information content (AvgIpc) is 2.92. The van der Waals surface area contributed by atoms with E-state index in [1.165, 1.54) is 13.2 Å². The number of hydrogen-bond acceptors (Lipinski definition) is 3. The lowest BCUT2D eigenvalue weighted by Gasteiger charge is -1.87. The lowest BCUT2D eigenvalue weighted by atomic mass is 10.2. The fourth-order valence-corrected chi connectivity index (χ4v) is 1.21. The standard InChI is InChI=1S/C9H8O2.C6H6O2/c10-9(11)7-6-8-4-2-1-3-5-8;1-5(7)6-3-2-4-8-6/h1-7H,(H,10,11);2-4H,1H3. The van der Waals surface area contributed by atoms with Gasteiger partial charge in [-0.3, -0.25) is 4.79 Å². The lowest BCUT2D eigenvalue weighted by Crippen LogP contribution is -1.85. The lowest BCUT2D eigenvalue weighted by molar-refractivity contribution is -0.131. The summed E-state index contributed by atoms with van der Waals surface area (Å²) in [6.07, 6.45) is 4.16. The van der Waals surface area contributed by atoms with Crippen molar-refractivity contribution < 1.29 is 19.1 Å². The molecule has 0 saturated heterocycles. The molecule has 2 aromatic rings. The van der Waals surface area contributed by atoms with Crippen LogP contribution in [-0.4, -0.2) is 16.9 Å². The molecule has 0 radical (unpaired) electrons. The zero-order chi connectivity index (χ0) is 14.1. The van der Waals surface area contributed by atoms with E-state index < -0.39 is 5.97 Å². The van der Waals surface area contributed by atoms with Crippen molar-refractivity contribution in [2.75, 3.05) is 0 Å². The molecule has 0 aliphatic rings. The number of ketones is 1. The summed E-state index contributed by atoms with van der Waals surface area (Å²) in [5.41, 5.74) is 0.898. The van der Waals surface area contributed by atoms with Crippen molar-refractivity contribution in [1.82, 2.24) is 0 Å². The predicted molar refractivity (Wildman–Crippen MR) is 71.8 cm³/mol. The van der Waals surface area contributed by atoms with E-state index in [1.54, 1.807) is 18.2 Å². The Morgan fingerprint density at radius 2 is 1.79 bits per heavy atom. The maximum Gasteiger partial charge on any atom is 0.328 e. The molecule has 0 unspecified atom stereocenters. The van der Waals surface area contributed by atoms with Gasteiger partial charge in [-0.05, 0) is 23.8 Å². The third-order valence-electron chi connectivity index (χ3n) is 2.09. The molecule has 1 N–H and O–H groups in total. The van der Waals surface area contributed by atoms with Crippen LogP contribution in [0.25, 0.3) is 6.08 Å². The topological polar surface area (TPSA) is 67.5 Å². The van der Waals surface area contributed by atoms with E-state index >= 15 is 0 Å². The van der Waals surface area contributed by atoms with E-state index in [2.05, 4.69) is 0 Å². The molecule has 1 heterocycles. The van der Waals surface area contributed by atoms with E-state index in [1.807, 2.05) is 30.3 Å². The summed E-state index contributed by atoms with van der Waals surface area (Å²) in [6.45, 7) is 1.47. The van der Waals surface area contributed by atoms with Gasteiger partial charge in [0.15, 0.2) is 11.5 Å². The highest BCUT2D eigenvalue weighted by molar-refractivity contribution is 5.91. The largest absolute Gasteiger partial charge is 0.478 e. The van der Waals surface area contributed by atoms with Gasteiger partial charge in [-0.2, -0.15) is 0 Å². The van der Waals surface area contributed by atoms with Crippen LogP contribution < -0.4 is 0 Å².